The number of nitrogens with one attached hydrogen (secondary N) is 3. The van der Waals surface area contributed by atoms with Gasteiger partial charge in [-0.25, -0.2) is 17.9 Å². The van der Waals surface area contributed by atoms with Gasteiger partial charge in [0.15, 0.2) is 0 Å². The fourth-order valence-corrected chi connectivity index (χ4v) is 7.74. The maximum Gasteiger partial charge on any atom is 0.471 e. The molecule has 1 aromatic carbocycles. The highest BCUT2D eigenvalue weighted by Crippen LogP contribution is 2.30. The Morgan fingerprint density at radius 3 is 2.05 bits per heavy atom. The minimum Gasteiger partial charge on any atom is -0.444 e. The minimum atomic E-state index is -5.15. The summed E-state index contributed by atoms with van der Waals surface area (Å²) in [6, 6.07) is 1.61. The number of benzene rings is 1. The zero-order valence-electron chi connectivity index (χ0n) is 34.0. The highest BCUT2D eigenvalue weighted by molar-refractivity contribution is 7.90. The molecule has 318 valence electrons. The summed E-state index contributed by atoms with van der Waals surface area (Å²) in [5, 5.41) is 4.30. The predicted molar refractivity (Wildman–Crippen MR) is 201 cm³/mol. The minimum absolute atomic E-state index is 0.141. The van der Waals surface area contributed by atoms with Crippen molar-refractivity contribution in [2.24, 2.45) is 17.8 Å². The zero-order chi connectivity index (χ0) is 42.9. The zero-order valence-corrected chi connectivity index (χ0v) is 34.8. The summed E-state index contributed by atoms with van der Waals surface area (Å²) in [6.07, 6.45) is -6.11. The maximum absolute atomic E-state index is 14.1. The molecule has 2 rings (SSSR count). The molecule has 0 spiro atoms. The van der Waals surface area contributed by atoms with Gasteiger partial charge in [0.1, 0.15) is 11.6 Å². The predicted octanol–water partition coefficient (Wildman–Crippen LogP) is 4.46. The molecule has 3 N–H and O–H groups in total. The fraction of sp³-hybridized carbons (Fsp3) is 0.703. The number of ether oxygens (including phenoxy) is 3. The Hall–Kier alpha value is -3.97. The lowest BCUT2D eigenvalue weighted by molar-refractivity contribution is -0.167. The lowest BCUT2D eigenvalue weighted by Crippen LogP contribution is -2.58. The number of likely N-dealkylation sites (tertiary alicyclic amines) is 1. The summed E-state index contributed by atoms with van der Waals surface area (Å²) >= 11 is 0. The first-order valence-electron chi connectivity index (χ1n) is 18.5. The number of hydrogen-bond acceptors (Lipinski definition) is 10. The Morgan fingerprint density at radius 2 is 1.57 bits per heavy atom. The largest absolute Gasteiger partial charge is 0.471 e. The van der Waals surface area contributed by atoms with Crippen LogP contribution in [0.5, 0.6) is 0 Å². The van der Waals surface area contributed by atoms with Crippen LogP contribution in [0.2, 0.25) is 0 Å². The van der Waals surface area contributed by atoms with Crippen molar-refractivity contribution < 1.29 is 59.8 Å². The first-order valence-corrected chi connectivity index (χ1v) is 19.9. The van der Waals surface area contributed by atoms with Crippen molar-refractivity contribution >= 4 is 45.4 Å². The molecule has 5 amide bonds. The molecule has 1 aliphatic rings. The molecule has 56 heavy (non-hydrogen) atoms. The van der Waals surface area contributed by atoms with Crippen molar-refractivity contribution in [2.45, 2.75) is 128 Å². The maximum atomic E-state index is 14.1. The summed E-state index contributed by atoms with van der Waals surface area (Å²) in [5.74, 6) is -5.44. The fourth-order valence-electron chi connectivity index (χ4n) is 6.68. The number of amides is 5. The molecule has 1 aromatic rings. The number of alkyl halides is 3. The van der Waals surface area contributed by atoms with Crippen molar-refractivity contribution in [1.82, 2.24) is 19.8 Å². The number of anilines is 1. The number of hydrogen-bond donors (Lipinski definition) is 3. The molecule has 1 aliphatic heterocycles. The molecule has 0 saturated carbocycles. The molecule has 0 radical (unpaired) electrons. The van der Waals surface area contributed by atoms with Crippen LogP contribution >= 0.6 is 0 Å². The van der Waals surface area contributed by atoms with Gasteiger partial charge in [-0.05, 0) is 69.7 Å². The van der Waals surface area contributed by atoms with Crippen molar-refractivity contribution in [1.29, 1.82) is 0 Å². The van der Waals surface area contributed by atoms with Gasteiger partial charge in [0.2, 0.25) is 17.7 Å². The standard InChI is InChI=1S/C37H58F3N5O10S/c1-12-22(4)30(44(9)33(48)29(21(2)3)42-35(50)55-36(6,7)8)27(53-10)20-28(46)45-19-13-14-26(45)31(54-11)23(5)32(47)43-56(51,52)25-17-15-24(16-18-25)41-34(49)37(38,39)40/h15-18,21-23,26-27,29-31H,12-14,19-20H2,1-11H3,(H,41,49)(H,42,50)(H,43,47)/t22?,23-,26+,27-,29+,30+,31-/m1/s1. The number of nitrogens with zero attached hydrogens (tertiary/aromatic N) is 2. The van der Waals surface area contributed by atoms with Crippen LogP contribution in [-0.4, -0.2) is 118 Å². The van der Waals surface area contributed by atoms with E-state index in [1.807, 2.05) is 18.6 Å². The van der Waals surface area contributed by atoms with E-state index in [9.17, 15) is 45.6 Å². The van der Waals surface area contributed by atoms with E-state index in [0.29, 0.717) is 25.8 Å². The molecule has 15 nitrogen and oxygen atoms in total. The molecule has 19 heteroatoms. The molecular formula is C37H58F3N5O10S. The number of rotatable bonds is 17. The van der Waals surface area contributed by atoms with Crippen molar-refractivity contribution in [3.05, 3.63) is 24.3 Å². The van der Waals surface area contributed by atoms with Crippen LogP contribution < -0.4 is 15.4 Å². The summed E-state index contributed by atoms with van der Waals surface area (Å²) in [5.41, 5.74) is -1.09. The van der Waals surface area contributed by atoms with E-state index >= 15 is 0 Å². The molecule has 0 bridgehead atoms. The Balaban J connectivity index is 2.25. The van der Waals surface area contributed by atoms with E-state index in [1.54, 1.807) is 51.9 Å². The van der Waals surface area contributed by atoms with Gasteiger partial charge in [0.05, 0.1) is 41.5 Å². The van der Waals surface area contributed by atoms with Gasteiger partial charge in [0.25, 0.3) is 10.0 Å². The molecule has 0 aromatic heterocycles. The summed E-state index contributed by atoms with van der Waals surface area (Å²) in [4.78, 5) is 67.9. The van der Waals surface area contributed by atoms with Crippen molar-refractivity contribution in [3.8, 4) is 0 Å². The van der Waals surface area contributed by atoms with E-state index < -0.39 is 80.9 Å². The van der Waals surface area contributed by atoms with Crippen LogP contribution in [0.3, 0.4) is 0 Å². The number of likely N-dealkylation sites (N-methyl/N-ethyl adjacent to an activating group) is 1. The second-order valence-corrected chi connectivity index (χ2v) is 17.1. The molecule has 1 heterocycles. The summed E-state index contributed by atoms with van der Waals surface area (Å²) in [6.45, 7) is 14.4. The Kier molecular flexibility index (Phi) is 17.2. The number of methoxy groups -OCH3 is 2. The molecular weight excluding hydrogens is 763 g/mol. The first-order chi connectivity index (χ1) is 25.8. The van der Waals surface area contributed by atoms with Gasteiger partial charge in [-0.1, -0.05) is 41.0 Å². The van der Waals surface area contributed by atoms with Gasteiger partial charge in [-0.2, -0.15) is 13.2 Å². The molecule has 1 saturated heterocycles. The lowest BCUT2D eigenvalue weighted by atomic mass is 9.89. The third-order valence-corrected chi connectivity index (χ3v) is 11.1. The van der Waals surface area contributed by atoms with Crippen LogP contribution in [0.1, 0.15) is 81.1 Å². The normalized spacial score (nSPS) is 18.3. The molecule has 0 aliphatic carbocycles. The first kappa shape index (κ1) is 48.2. The Morgan fingerprint density at radius 1 is 0.982 bits per heavy atom. The van der Waals surface area contributed by atoms with Crippen LogP contribution in [0.25, 0.3) is 0 Å². The smallest absolute Gasteiger partial charge is 0.444 e. The number of alkyl carbamates (subject to hydrolysis) is 1. The van der Waals surface area contributed by atoms with Crippen molar-refractivity contribution in [2.75, 3.05) is 33.1 Å². The molecule has 1 fully saturated rings. The topological polar surface area (TPSA) is 190 Å². The quantitative estimate of drug-likeness (QED) is 0.202. The monoisotopic (exact) mass is 821 g/mol. The summed E-state index contributed by atoms with van der Waals surface area (Å²) < 4.78 is 82.8. The number of sulfonamides is 1. The lowest BCUT2D eigenvalue weighted by Gasteiger charge is -2.40. The Bertz CT molecular complexity index is 1640. The van der Waals surface area contributed by atoms with Gasteiger partial charge >= 0.3 is 18.2 Å². The third kappa shape index (κ3) is 13.0. The van der Waals surface area contributed by atoms with Crippen LogP contribution in [0, 0.1) is 17.8 Å². The average Bonchev–Trinajstić information content (AvgIpc) is 3.58. The average molecular weight is 822 g/mol. The Labute approximate surface area is 327 Å². The van der Waals surface area contributed by atoms with Gasteiger partial charge in [-0.3, -0.25) is 19.2 Å². The summed E-state index contributed by atoms with van der Waals surface area (Å²) in [7, 11) is -0.111. The van der Waals surface area contributed by atoms with Crippen LogP contribution in [0.4, 0.5) is 23.7 Å². The highest BCUT2D eigenvalue weighted by Gasteiger charge is 2.43. The number of carbonyl (C=O) groups excluding carboxylic acids is 5. The van der Waals surface area contributed by atoms with E-state index in [0.717, 1.165) is 24.3 Å². The second-order valence-electron chi connectivity index (χ2n) is 15.4. The van der Waals surface area contributed by atoms with Crippen LogP contribution in [0.15, 0.2) is 29.2 Å². The van der Waals surface area contributed by atoms with E-state index in [1.165, 1.54) is 26.0 Å². The highest BCUT2D eigenvalue weighted by atomic mass is 32.2. The van der Waals surface area contributed by atoms with Gasteiger partial charge < -0.3 is 34.6 Å². The number of halogens is 3. The van der Waals surface area contributed by atoms with E-state index in [2.05, 4.69) is 5.32 Å². The molecule has 7 atom stereocenters. The van der Waals surface area contributed by atoms with E-state index in [-0.39, 0.29) is 35.8 Å². The SMILES string of the molecule is CCC(C)[C@@H]([C@@H](CC(=O)N1CCC[C@H]1[C@H](OC)[C@@H](C)C(=O)NS(=O)(=O)c1ccc(NC(=O)C(F)(F)F)cc1)OC)N(C)C(=O)[C@@H](NC(=O)OC(C)(C)C)C(C)C. The van der Waals surface area contributed by atoms with E-state index in [4.69, 9.17) is 14.2 Å². The second kappa shape index (κ2) is 19.9. The third-order valence-electron chi connectivity index (χ3n) is 9.78. The van der Waals surface area contributed by atoms with Crippen molar-refractivity contribution in [3.63, 3.8) is 0 Å². The van der Waals surface area contributed by atoms with Gasteiger partial charge in [-0.15, -0.1) is 0 Å². The molecule has 1 unspecified atom stereocenters. The number of carbonyl (C=O) groups is 5. The van der Waals surface area contributed by atoms with Crippen LogP contribution in [-0.2, 0) is 43.4 Å². The van der Waals surface area contributed by atoms with Gasteiger partial charge in [0, 0.05) is 33.5 Å².